The van der Waals surface area contributed by atoms with Gasteiger partial charge in [0.15, 0.2) is 0 Å². The van der Waals surface area contributed by atoms with Crippen molar-refractivity contribution < 1.29 is 13.2 Å². The molecule has 0 bridgehead atoms. The first-order valence-corrected chi connectivity index (χ1v) is 5.34. The number of rotatable bonds is 3. The molecule has 0 unspecified atom stereocenters. The third-order valence-corrected chi connectivity index (χ3v) is 2.48. The second-order valence-corrected chi connectivity index (χ2v) is 3.88. The van der Waals surface area contributed by atoms with Crippen LogP contribution >= 0.6 is 0 Å². The molecule has 0 heterocycles. The van der Waals surface area contributed by atoms with Crippen molar-refractivity contribution in [2.45, 2.75) is 26.4 Å². The van der Waals surface area contributed by atoms with E-state index in [1.807, 2.05) is 18.2 Å². The van der Waals surface area contributed by atoms with Crippen LogP contribution in [0.4, 0.5) is 13.2 Å². The van der Waals surface area contributed by atoms with Gasteiger partial charge in [0.05, 0.1) is 5.57 Å². The molecule has 92 valence electrons. The average Bonchev–Trinajstić information content (AvgIpc) is 2.69. The first-order valence-electron chi connectivity index (χ1n) is 5.34. The van der Waals surface area contributed by atoms with E-state index in [0.29, 0.717) is 5.57 Å². The molecule has 0 saturated carbocycles. The highest BCUT2D eigenvalue weighted by atomic mass is 19.4. The Morgan fingerprint density at radius 3 is 2.41 bits per heavy atom. The van der Waals surface area contributed by atoms with Gasteiger partial charge < -0.3 is 0 Å². The Morgan fingerprint density at radius 2 is 2.06 bits per heavy atom. The van der Waals surface area contributed by atoms with Crippen LogP contribution in [0.25, 0.3) is 0 Å². The molecule has 17 heavy (non-hydrogen) atoms. The Labute approximate surface area is 99.5 Å². The van der Waals surface area contributed by atoms with Crippen LogP contribution in [0.2, 0.25) is 0 Å². The minimum absolute atomic E-state index is 0.0272. The number of halogens is 3. The lowest BCUT2D eigenvalue weighted by Gasteiger charge is -2.12. The summed E-state index contributed by atoms with van der Waals surface area (Å²) >= 11 is 0. The van der Waals surface area contributed by atoms with E-state index >= 15 is 0 Å². The SMILES string of the molecule is C=C(C)/C(=C\C(=CC)C1=CCC=C1)C(F)(F)F. The van der Waals surface area contributed by atoms with E-state index in [1.54, 1.807) is 13.0 Å². The Kier molecular flexibility index (Phi) is 4.16. The zero-order valence-electron chi connectivity index (χ0n) is 9.93. The van der Waals surface area contributed by atoms with E-state index in [1.165, 1.54) is 6.92 Å². The fraction of sp³-hybridized carbons (Fsp3) is 0.286. The van der Waals surface area contributed by atoms with Crippen molar-refractivity contribution >= 4 is 0 Å². The zero-order chi connectivity index (χ0) is 13.1. The van der Waals surface area contributed by atoms with Gasteiger partial charge in [-0.05, 0) is 43.1 Å². The predicted molar refractivity (Wildman–Crippen MR) is 64.5 cm³/mol. The topological polar surface area (TPSA) is 0 Å². The van der Waals surface area contributed by atoms with Gasteiger partial charge in [-0.1, -0.05) is 30.9 Å². The highest BCUT2D eigenvalue weighted by Gasteiger charge is 2.34. The molecular weight excluding hydrogens is 225 g/mol. The number of hydrogen-bond acceptors (Lipinski definition) is 0. The first kappa shape index (κ1) is 13.6. The second kappa shape index (κ2) is 5.21. The van der Waals surface area contributed by atoms with Gasteiger partial charge in [0.2, 0.25) is 0 Å². The second-order valence-electron chi connectivity index (χ2n) is 3.88. The fourth-order valence-electron chi connectivity index (χ4n) is 1.61. The van der Waals surface area contributed by atoms with E-state index in [2.05, 4.69) is 6.58 Å². The third kappa shape index (κ3) is 3.48. The van der Waals surface area contributed by atoms with Gasteiger partial charge in [-0.3, -0.25) is 0 Å². The van der Waals surface area contributed by atoms with Gasteiger partial charge in [0.25, 0.3) is 0 Å². The summed E-state index contributed by atoms with van der Waals surface area (Å²) in [6.07, 6.45) is 4.90. The maximum absolute atomic E-state index is 12.8. The largest absolute Gasteiger partial charge is 0.416 e. The van der Waals surface area contributed by atoms with Gasteiger partial charge in [0, 0.05) is 0 Å². The van der Waals surface area contributed by atoms with Crippen LogP contribution in [-0.2, 0) is 0 Å². The summed E-state index contributed by atoms with van der Waals surface area (Å²) in [5.41, 5.74) is 0.760. The van der Waals surface area contributed by atoms with E-state index in [0.717, 1.165) is 18.1 Å². The van der Waals surface area contributed by atoms with Gasteiger partial charge in [-0.15, -0.1) is 0 Å². The van der Waals surface area contributed by atoms with Crippen LogP contribution in [0.15, 0.2) is 59.3 Å². The summed E-state index contributed by atoms with van der Waals surface area (Å²) in [5, 5.41) is 0. The zero-order valence-corrected chi connectivity index (χ0v) is 9.93. The van der Waals surface area contributed by atoms with E-state index in [9.17, 15) is 13.2 Å². The van der Waals surface area contributed by atoms with E-state index in [-0.39, 0.29) is 5.57 Å². The molecule has 1 rings (SSSR count). The quantitative estimate of drug-likeness (QED) is 0.616. The molecule has 1 aliphatic carbocycles. The molecule has 0 radical (unpaired) electrons. The fourth-order valence-corrected chi connectivity index (χ4v) is 1.61. The number of hydrogen-bond donors (Lipinski definition) is 0. The van der Waals surface area contributed by atoms with Gasteiger partial charge >= 0.3 is 6.18 Å². The standard InChI is InChI=1S/C14H15F3/c1-4-11(12-7-5-6-8-12)9-13(10(2)3)14(15,16)17/h4-5,7-9H,2,6H2,1,3H3/b11-4?,13-9+. The molecular formula is C14H15F3. The predicted octanol–water partition coefficient (Wildman–Crippen LogP) is 4.88. The molecule has 0 atom stereocenters. The van der Waals surface area contributed by atoms with Crippen molar-refractivity contribution in [1.29, 1.82) is 0 Å². The monoisotopic (exact) mass is 240 g/mol. The first-order chi connectivity index (χ1) is 7.86. The Hall–Kier alpha value is -1.51. The van der Waals surface area contributed by atoms with Crippen LogP contribution < -0.4 is 0 Å². The van der Waals surface area contributed by atoms with Crippen LogP contribution in [0.1, 0.15) is 20.3 Å². The number of allylic oxidation sites excluding steroid dienone is 9. The van der Waals surface area contributed by atoms with Crippen LogP contribution in [0, 0.1) is 0 Å². The Bertz CT molecular complexity index is 429. The van der Waals surface area contributed by atoms with Crippen molar-refractivity contribution in [2.24, 2.45) is 0 Å². The van der Waals surface area contributed by atoms with Crippen LogP contribution in [0.5, 0.6) is 0 Å². The van der Waals surface area contributed by atoms with Crippen molar-refractivity contribution in [1.82, 2.24) is 0 Å². The molecule has 0 fully saturated rings. The molecule has 3 heteroatoms. The van der Waals surface area contributed by atoms with Crippen molar-refractivity contribution in [3.63, 3.8) is 0 Å². The molecule has 0 nitrogen and oxygen atoms in total. The normalized spacial score (nSPS) is 17.4. The molecule has 0 aromatic rings. The summed E-state index contributed by atoms with van der Waals surface area (Å²) in [6, 6.07) is 0. The highest BCUT2D eigenvalue weighted by Crippen LogP contribution is 2.33. The lowest BCUT2D eigenvalue weighted by atomic mass is 10.0. The van der Waals surface area contributed by atoms with Crippen molar-refractivity contribution in [2.75, 3.05) is 0 Å². The molecule has 0 N–H and O–H groups in total. The average molecular weight is 240 g/mol. The minimum atomic E-state index is -4.36. The van der Waals surface area contributed by atoms with Gasteiger partial charge in [-0.25, -0.2) is 0 Å². The molecule has 0 saturated heterocycles. The van der Waals surface area contributed by atoms with E-state index in [4.69, 9.17) is 0 Å². The summed E-state index contributed by atoms with van der Waals surface area (Å²) in [4.78, 5) is 0. The summed E-state index contributed by atoms with van der Waals surface area (Å²) in [7, 11) is 0. The Balaban J connectivity index is 3.13. The maximum Gasteiger partial charge on any atom is 0.416 e. The molecule has 1 aliphatic rings. The molecule has 0 aromatic carbocycles. The van der Waals surface area contributed by atoms with Crippen molar-refractivity contribution in [3.05, 3.63) is 59.3 Å². The summed E-state index contributed by atoms with van der Waals surface area (Å²) in [6.45, 7) is 6.48. The van der Waals surface area contributed by atoms with Gasteiger partial charge in [-0.2, -0.15) is 13.2 Å². The lowest BCUT2D eigenvalue weighted by Crippen LogP contribution is -2.13. The van der Waals surface area contributed by atoms with Gasteiger partial charge in [0.1, 0.15) is 0 Å². The molecule has 0 amide bonds. The number of alkyl halides is 3. The van der Waals surface area contributed by atoms with Crippen LogP contribution in [-0.4, -0.2) is 6.18 Å². The smallest absolute Gasteiger partial charge is 0.166 e. The lowest BCUT2D eigenvalue weighted by molar-refractivity contribution is -0.0892. The molecule has 0 aromatic heterocycles. The summed E-state index contributed by atoms with van der Waals surface area (Å²) < 4.78 is 38.3. The maximum atomic E-state index is 12.8. The van der Waals surface area contributed by atoms with E-state index < -0.39 is 11.7 Å². The molecule has 0 aliphatic heterocycles. The third-order valence-electron chi connectivity index (χ3n) is 2.48. The molecule has 0 spiro atoms. The van der Waals surface area contributed by atoms with Crippen molar-refractivity contribution in [3.8, 4) is 0 Å². The van der Waals surface area contributed by atoms with Crippen LogP contribution in [0.3, 0.4) is 0 Å². The summed E-state index contributed by atoms with van der Waals surface area (Å²) in [5.74, 6) is 0. The highest BCUT2D eigenvalue weighted by molar-refractivity contribution is 5.52. The Morgan fingerprint density at radius 1 is 1.41 bits per heavy atom. The minimum Gasteiger partial charge on any atom is -0.166 e.